The van der Waals surface area contributed by atoms with Gasteiger partial charge in [-0.15, -0.1) is 11.8 Å². The molecule has 2 atom stereocenters. The molecule has 1 heterocycles. The van der Waals surface area contributed by atoms with Crippen molar-refractivity contribution >= 4 is 16.8 Å². The van der Waals surface area contributed by atoms with Gasteiger partial charge in [0, 0.05) is 5.75 Å². The summed E-state index contributed by atoms with van der Waals surface area (Å²) in [5.74, 6) is 1.60. The third-order valence-electron chi connectivity index (χ3n) is 2.52. The highest BCUT2D eigenvalue weighted by molar-refractivity contribution is 8.14. The molecule has 3 heteroatoms. The van der Waals surface area contributed by atoms with E-state index in [4.69, 9.17) is 0 Å². The minimum atomic E-state index is -0.406. The summed E-state index contributed by atoms with van der Waals surface area (Å²) in [5, 5.41) is 11.0. The Bertz CT molecular complexity index is 230. The molecule has 14 heavy (non-hydrogen) atoms. The van der Waals surface area contributed by atoms with Gasteiger partial charge in [0.2, 0.25) is 0 Å². The smallest absolute Gasteiger partial charge is 0.106 e. The Labute approximate surface area is 91.2 Å². The van der Waals surface area contributed by atoms with Crippen LogP contribution < -0.4 is 0 Å². The summed E-state index contributed by atoms with van der Waals surface area (Å²) >= 11 is 1.71. The molecule has 0 bridgehead atoms. The van der Waals surface area contributed by atoms with Crippen LogP contribution in [0, 0.1) is 11.3 Å². The van der Waals surface area contributed by atoms with Gasteiger partial charge in [-0.25, -0.2) is 0 Å². The molecule has 0 radical (unpaired) electrons. The zero-order chi connectivity index (χ0) is 10.9. The van der Waals surface area contributed by atoms with E-state index in [1.165, 1.54) is 0 Å². The van der Waals surface area contributed by atoms with Crippen LogP contribution in [-0.2, 0) is 0 Å². The Balaban J connectivity index is 2.68. The van der Waals surface area contributed by atoms with Gasteiger partial charge in [-0.1, -0.05) is 34.6 Å². The molecule has 0 aromatic heterocycles. The lowest BCUT2D eigenvalue weighted by atomic mass is 9.90. The molecule has 0 saturated heterocycles. The van der Waals surface area contributed by atoms with Crippen LogP contribution in [-0.4, -0.2) is 28.0 Å². The minimum absolute atomic E-state index is 0.0995. The Morgan fingerprint density at radius 1 is 1.43 bits per heavy atom. The summed E-state index contributed by atoms with van der Waals surface area (Å²) < 4.78 is 0. The molecule has 0 aromatic carbocycles. The predicted octanol–water partition coefficient (Wildman–Crippen LogP) is 2.56. The van der Waals surface area contributed by atoms with Gasteiger partial charge in [-0.3, -0.25) is 4.99 Å². The third kappa shape index (κ3) is 2.74. The second kappa shape index (κ2) is 4.23. The normalized spacial score (nSPS) is 25.4. The van der Waals surface area contributed by atoms with E-state index in [1.807, 2.05) is 20.8 Å². The van der Waals surface area contributed by atoms with Crippen LogP contribution in [0.15, 0.2) is 4.99 Å². The van der Waals surface area contributed by atoms with Crippen LogP contribution in [0.5, 0.6) is 0 Å². The van der Waals surface area contributed by atoms with E-state index in [9.17, 15) is 5.11 Å². The first kappa shape index (κ1) is 12.1. The molecule has 1 unspecified atom stereocenters. The number of hydrogen-bond acceptors (Lipinski definition) is 3. The molecule has 1 aliphatic heterocycles. The van der Waals surface area contributed by atoms with Gasteiger partial charge in [0.25, 0.3) is 0 Å². The molecule has 1 rings (SSSR count). The molecule has 1 aliphatic rings. The fraction of sp³-hybridized carbons (Fsp3) is 0.909. The SMILES string of the molecule is CC(C)[C@H]1CSC(C(O)C(C)(C)C)=N1. The maximum Gasteiger partial charge on any atom is 0.106 e. The van der Waals surface area contributed by atoms with Crippen molar-refractivity contribution < 1.29 is 5.11 Å². The standard InChI is InChI=1S/C11H21NOS/c1-7(2)8-6-14-10(12-8)9(13)11(3,4)5/h7-9,13H,6H2,1-5H3/t8-,9?/m1/s1. The molecule has 0 spiro atoms. The molecule has 1 N–H and O–H groups in total. The van der Waals surface area contributed by atoms with Crippen molar-refractivity contribution in [1.82, 2.24) is 0 Å². The topological polar surface area (TPSA) is 32.6 Å². The van der Waals surface area contributed by atoms with Crippen molar-refractivity contribution in [2.45, 2.75) is 46.8 Å². The van der Waals surface area contributed by atoms with Gasteiger partial charge in [-0.05, 0) is 11.3 Å². The summed E-state index contributed by atoms with van der Waals surface area (Å²) in [5.41, 5.74) is -0.0995. The number of thioether (sulfide) groups is 1. The fourth-order valence-electron chi connectivity index (χ4n) is 1.27. The first-order chi connectivity index (χ1) is 6.32. The second-order valence-corrected chi connectivity index (χ2v) is 6.40. The average Bonchev–Trinajstić information content (AvgIpc) is 2.48. The first-order valence-corrected chi connectivity index (χ1v) is 6.19. The van der Waals surface area contributed by atoms with E-state index in [2.05, 4.69) is 18.8 Å². The van der Waals surface area contributed by atoms with E-state index >= 15 is 0 Å². The summed E-state index contributed by atoms with van der Waals surface area (Å²) in [6.45, 7) is 10.5. The number of aliphatic hydroxyl groups excluding tert-OH is 1. The van der Waals surface area contributed by atoms with Crippen molar-refractivity contribution in [3.8, 4) is 0 Å². The number of hydrogen-bond donors (Lipinski definition) is 1. The van der Waals surface area contributed by atoms with E-state index in [0.717, 1.165) is 10.8 Å². The minimum Gasteiger partial charge on any atom is -0.386 e. The number of nitrogens with zero attached hydrogens (tertiary/aromatic N) is 1. The van der Waals surface area contributed by atoms with Gasteiger partial charge < -0.3 is 5.11 Å². The molecule has 82 valence electrons. The third-order valence-corrected chi connectivity index (χ3v) is 3.65. The summed E-state index contributed by atoms with van der Waals surface area (Å²) in [7, 11) is 0. The number of rotatable bonds is 2. The Hall–Kier alpha value is -0.0200. The van der Waals surface area contributed by atoms with Crippen molar-refractivity contribution in [1.29, 1.82) is 0 Å². The van der Waals surface area contributed by atoms with E-state index in [-0.39, 0.29) is 5.41 Å². The van der Waals surface area contributed by atoms with Gasteiger partial charge in [0.05, 0.1) is 11.1 Å². The molecule has 0 aromatic rings. The highest BCUT2D eigenvalue weighted by Crippen LogP contribution is 2.31. The maximum absolute atomic E-state index is 10.0. The van der Waals surface area contributed by atoms with Crippen LogP contribution in [0.25, 0.3) is 0 Å². The molecular formula is C11H21NOS. The Morgan fingerprint density at radius 2 is 2.00 bits per heavy atom. The van der Waals surface area contributed by atoms with Crippen LogP contribution in [0.4, 0.5) is 0 Å². The summed E-state index contributed by atoms with van der Waals surface area (Å²) in [6.07, 6.45) is -0.406. The molecular weight excluding hydrogens is 194 g/mol. The molecule has 0 aliphatic carbocycles. The lowest BCUT2D eigenvalue weighted by molar-refractivity contribution is 0.125. The van der Waals surface area contributed by atoms with Crippen LogP contribution in [0.3, 0.4) is 0 Å². The van der Waals surface area contributed by atoms with Gasteiger partial charge in [0.1, 0.15) is 6.10 Å². The van der Waals surface area contributed by atoms with Crippen LogP contribution in [0.2, 0.25) is 0 Å². The van der Waals surface area contributed by atoms with Gasteiger partial charge in [0.15, 0.2) is 0 Å². The van der Waals surface area contributed by atoms with Crippen molar-refractivity contribution in [3.63, 3.8) is 0 Å². The van der Waals surface area contributed by atoms with Crippen LogP contribution >= 0.6 is 11.8 Å². The average molecular weight is 215 g/mol. The van der Waals surface area contributed by atoms with Crippen molar-refractivity contribution in [2.24, 2.45) is 16.3 Å². The van der Waals surface area contributed by atoms with Crippen LogP contribution in [0.1, 0.15) is 34.6 Å². The second-order valence-electron chi connectivity index (χ2n) is 5.36. The summed E-state index contributed by atoms with van der Waals surface area (Å²) in [6, 6.07) is 0.395. The number of aliphatic hydroxyl groups is 1. The maximum atomic E-state index is 10.0. The van der Waals surface area contributed by atoms with E-state index in [1.54, 1.807) is 11.8 Å². The lowest BCUT2D eigenvalue weighted by Crippen LogP contribution is -2.31. The quantitative estimate of drug-likeness (QED) is 0.768. The first-order valence-electron chi connectivity index (χ1n) is 5.21. The molecule has 0 amide bonds. The van der Waals surface area contributed by atoms with Crippen molar-refractivity contribution in [2.75, 3.05) is 5.75 Å². The molecule has 0 fully saturated rings. The predicted molar refractivity (Wildman–Crippen MR) is 64.0 cm³/mol. The van der Waals surface area contributed by atoms with Gasteiger partial charge in [-0.2, -0.15) is 0 Å². The van der Waals surface area contributed by atoms with Gasteiger partial charge >= 0.3 is 0 Å². The van der Waals surface area contributed by atoms with E-state index < -0.39 is 6.10 Å². The van der Waals surface area contributed by atoms with E-state index in [0.29, 0.717) is 12.0 Å². The Kier molecular flexibility index (Phi) is 3.64. The zero-order valence-electron chi connectivity index (χ0n) is 9.74. The fourth-order valence-corrected chi connectivity index (χ4v) is 2.79. The largest absolute Gasteiger partial charge is 0.386 e. The molecule has 0 saturated carbocycles. The summed E-state index contributed by atoms with van der Waals surface area (Å²) in [4.78, 5) is 4.58. The highest BCUT2D eigenvalue weighted by Gasteiger charge is 2.32. The highest BCUT2D eigenvalue weighted by atomic mass is 32.2. The number of aliphatic imine (C=N–C) groups is 1. The zero-order valence-corrected chi connectivity index (χ0v) is 10.6. The monoisotopic (exact) mass is 215 g/mol. The Morgan fingerprint density at radius 3 is 2.36 bits per heavy atom. The van der Waals surface area contributed by atoms with Crippen molar-refractivity contribution in [3.05, 3.63) is 0 Å². The lowest BCUT2D eigenvalue weighted by Gasteiger charge is -2.25. The molecule has 2 nitrogen and oxygen atoms in total.